The van der Waals surface area contributed by atoms with E-state index in [1.54, 1.807) is 41.0 Å². The Morgan fingerprint density at radius 1 is 1.41 bits per heavy atom. The average molecular weight is 302 g/mol. The first kappa shape index (κ1) is 14.4. The lowest BCUT2D eigenvalue weighted by molar-refractivity contribution is -0.121. The molecule has 0 aromatic carbocycles. The van der Waals surface area contributed by atoms with Gasteiger partial charge in [0, 0.05) is 32.4 Å². The van der Waals surface area contributed by atoms with E-state index in [2.05, 4.69) is 10.4 Å². The molecule has 1 aliphatic rings. The first-order chi connectivity index (χ1) is 10.6. The van der Waals surface area contributed by atoms with Gasteiger partial charge in [-0.2, -0.15) is 5.10 Å². The molecule has 0 radical (unpaired) electrons. The van der Waals surface area contributed by atoms with Crippen molar-refractivity contribution < 1.29 is 14.0 Å². The van der Waals surface area contributed by atoms with Crippen LogP contribution < -0.4 is 5.32 Å². The highest BCUT2D eigenvalue weighted by atomic mass is 16.3. The van der Waals surface area contributed by atoms with Crippen LogP contribution in [0.25, 0.3) is 0 Å². The van der Waals surface area contributed by atoms with E-state index in [1.165, 1.54) is 6.26 Å². The highest BCUT2D eigenvalue weighted by Crippen LogP contribution is 2.20. The van der Waals surface area contributed by atoms with Gasteiger partial charge < -0.3 is 14.6 Å². The maximum Gasteiger partial charge on any atom is 0.289 e. The fraction of sp³-hybridized carbons (Fsp3) is 0.400. The van der Waals surface area contributed by atoms with Crippen molar-refractivity contribution in [3.05, 3.63) is 36.4 Å². The monoisotopic (exact) mass is 302 g/mol. The fourth-order valence-electron chi connectivity index (χ4n) is 2.64. The summed E-state index contributed by atoms with van der Waals surface area (Å²) < 4.78 is 6.77. The van der Waals surface area contributed by atoms with Gasteiger partial charge in [0.05, 0.1) is 12.2 Å². The maximum atomic E-state index is 12.3. The minimum absolute atomic E-state index is 0.101. The van der Waals surface area contributed by atoms with Gasteiger partial charge in [-0.05, 0) is 25.0 Å². The summed E-state index contributed by atoms with van der Waals surface area (Å²) in [6.45, 7) is 1.05. The number of aryl methyl sites for hydroxylation is 1. The van der Waals surface area contributed by atoms with Gasteiger partial charge in [-0.15, -0.1) is 0 Å². The van der Waals surface area contributed by atoms with Crippen LogP contribution in [0.15, 0.2) is 35.1 Å². The van der Waals surface area contributed by atoms with Gasteiger partial charge in [-0.1, -0.05) is 0 Å². The van der Waals surface area contributed by atoms with Crippen molar-refractivity contribution in [3.8, 4) is 0 Å². The van der Waals surface area contributed by atoms with Crippen molar-refractivity contribution in [2.75, 3.05) is 18.4 Å². The number of amides is 2. The number of carbonyl (C=O) groups is 2. The van der Waals surface area contributed by atoms with E-state index in [4.69, 9.17) is 4.42 Å². The van der Waals surface area contributed by atoms with E-state index in [9.17, 15) is 9.59 Å². The summed E-state index contributed by atoms with van der Waals surface area (Å²) in [7, 11) is 1.79. The third kappa shape index (κ3) is 3.03. The van der Waals surface area contributed by atoms with E-state index >= 15 is 0 Å². The molecular weight excluding hydrogens is 284 g/mol. The molecule has 0 saturated carbocycles. The van der Waals surface area contributed by atoms with Gasteiger partial charge in [0.15, 0.2) is 11.6 Å². The van der Waals surface area contributed by atoms with Crippen LogP contribution in [0.1, 0.15) is 23.4 Å². The van der Waals surface area contributed by atoms with Crippen molar-refractivity contribution in [2.24, 2.45) is 13.0 Å². The summed E-state index contributed by atoms with van der Waals surface area (Å²) >= 11 is 0. The number of hydrogen-bond acceptors (Lipinski definition) is 4. The van der Waals surface area contributed by atoms with Crippen LogP contribution in [0.2, 0.25) is 0 Å². The molecule has 3 rings (SSSR count). The van der Waals surface area contributed by atoms with Gasteiger partial charge in [0.2, 0.25) is 5.91 Å². The van der Waals surface area contributed by atoms with Gasteiger partial charge in [-0.3, -0.25) is 14.3 Å². The molecule has 3 heterocycles. The zero-order valence-electron chi connectivity index (χ0n) is 12.4. The standard InChI is InChI=1S/C15H18N4O3/c1-18-8-6-13(17-18)16-14(20)11-4-2-7-19(10-11)15(21)12-5-3-9-22-12/h3,5-6,8-9,11H,2,4,7,10H2,1H3,(H,16,17,20)/t11-/m1/s1. The number of aromatic nitrogens is 2. The number of rotatable bonds is 3. The Morgan fingerprint density at radius 3 is 2.95 bits per heavy atom. The molecule has 7 heteroatoms. The van der Waals surface area contributed by atoms with Crippen LogP contribution >= 0.6 is 0 Å². The lowest BCUT2D eigenvalue weighted by Crippen LogP contribution is -2.43. The molecule has 0 bridgehead atoms. The summed E-state index contributed by atoms with van der Waals surface area (Å²) in [5.74, 6) is 0.346. The fourth-order valence-corrected chi connectivity index (χ4v) is 2.64. The zero-order chi connectivity index (χ0) is 15.5. The molecule has 2 aromatic heterocycles. The summed E-state index contributed by atoms with van der Waals surface area (Å²) in [5.41, 5.74) is 0. The van der Waals surface area contributed by atoms with E-state index < -0.39 is 0 Å². The third-order valence-corrected chi connectivity index (χ3v) is 3.78. The molecule has 1 N–H and O–H groups in total. The number of furan rings is 1. The summed E-state index contributed by atoms with van der Waals surface area (Å²) in [6.07, 6.45) is 4.80. The average Bonchev–Trinajstić information content (AvgIpc) is 3.18. The molecule has 1 atom stereocenters. The zero-order valence-corrected chi connectivity index (χ0v) is 12.4. The summed E-state index contributed by atoms with van der Waals surface area (Å²) in [5, 5.41) is 6.92. The lowest BCUT2D eigenvalue weighted by atomic mass is 9.97. The molecule has 7 nitrogen and oxygen atoms in total. The van der Waals surface area contributed by atoms with Crippen molar-refractivity contribution in [2.45, 2.75) is 12.8 Å². The summed E-state index contributed by atoms with van der Waals surface area (Å²) in [4.78, 5) is 26.3. The van der Waals surface area contributed by atoms with Gasteiger partial charge in [0.1, 0.15) is 0 Å². The predicted molar refractivity (Wildman–Crippen MR) is 79.2 cm³/mol. The van der Waals surface area contributed by atoms with Crippen molar-refractivity contribution in [1.29, 1.82) is 0 Å². The van der Waals surface area contributed by atoms with E-state index in [1.807, 2.05) is 0 Å². The Labute approximate surface area is 127 Å². The van der Waals surface area contributed by atoms with Crippen LogP contribution in [-0.4, -0.2) is 39.6 Å². The van der Waals surface area contributed by atoms with Crippen LogP contribution in [0.5, 0.6) is 0 Å². The number of hydrogen-bond donors (Lipinski definition) is 1. The number of nitrogens with one attached hydrogen (secondary N) is 1. The predicted octanol–water partition coefficient (Wildman–Crippen LogP) is 1.50. The normalized spacial score (nSPS) is 18.2. The van der Waals surface area contributed by atoms with Gasteiger partial charge >= 0.3 is 0 Å². The summed E-state index contributed by atoms with van der Waals surface area (Å²) in [6, 6.07) is 5.06. The molecule has 0 aliphatic carbocycles. The second-order valence-corrected chi connectivity index (χ2v) is 5.43. The Balaban J connectivity index is 1.62. The number of piperidine rings is 1. The van der Waals surface area contributed by atoms with Gasteiger partial charge in [0.25, 0.3) is 5.91 Å². The van der Waals surface area contributed by atoms with Crippen molar-refractivity contribution >= 4 is 17.6 Å². The quantitative estimate of drug-likeness (QED) is 0.932. The molecule has 0 spiro atoms. The minimum Gasteiger partial charge on any atom is -0.459 e. The highest BCUT2D eigenvalue weighted by Gasteiger charge is 2.30. The second kappa shape index (κ2) is 6.05. The third-order valence-electron chi connectivity index (χ3n) is 3.78. The van der Waals surface area contributed by atoms with E-state index in [0.717, 1.165) is 12.8 Å². The largest absolute Gasteiger partial charge is 0.459 e. The first-order valence-electron chi connectivity index (χ1n) is 7.27. The highest BCUT2D eigenvalue weighted by molar-refractivity contribution is 5.94. The molecule has 1 saturated heterocycles. The Bertz CT molecular complexity index is 662. The Hall–Kier alpha value is -2.57. The smallest absolute Gasteiger partial charge is 0.289 e. The topological polar surface area (TPSA) is 80.4 Å². The van der Waals surface area contributed by atoms with Crippen molar-refractivity contribution in [1.82, 2.24) is 14.7 Å². The molecule has 0 unspecified atom stereocenters. The Kier molecular flexibility index (Phi) is 3.95. The molecule has 2 aromatic rings. The van der Waals surface area contributed by atoms with E-state index in [0.29, 0.717) is 24.7 Å². The molecule has 116 valence electrons. The first-order valence-corrected chi connectivity index (χ1v) is 7.27. The van der Waals surface area contributed by atoms with Crippen molar-refractivity contribution in [3.63, 3.8) is 0 Å². The van der Waals surface area contributed by atoms with Crippen LogP contribution in [0.4, 0.5) is 5.82 Å². The van der Waals surface area contributed by atoms with Crippen LogP contribution in [0.3, 0.4) is 0 Å². The molecular formula is C15H18N4O3. The number of carbonyl (C=O) groups excluding carboxylic acids is 2. The Morgan fingerprint density at radius 2 is 2.27 bits per heavy atom. The van der Waals surface area contributed by atoms with Gasteiger partial charge in [-0.25, -0.2) is 0 Å². The number of nitrogens with zero attached hydrogens (tertiary/aromatic N) is 3. The molecule has 1 fully saturated rings. The number of likely N-dealkylation sites (tertiary alicyclic amines) is 1. The van der Waals surface area contributed by atoms with Crippen LogP contribution in [0, 0.1) is 5.92 Å². The second-order valence-electron chi connectivity index (χ2n) is 5.43. The maximum absolute atomic E-state index is 12.3. The minimum atomic E-state index is -0.227. The molecule has 1 aliphatic heterocycles. The SMILES string of the molecule is Cn1ccc(NC(=O)[C@@H]2CCCN(C(=O)c3ccco3)C2)n1. The molecule has 22 heavy (non-hydrogen) atoms. The number of anilines is 1. The molecule has 2 amide bonds. The van der Waals surface area contributed by atoms with E-state index in [-0.39, 0.29) is 17.7 Å². The van der Waals surface area contributed by atoms with Crippen LogP contribution in [-0.2, 0) is 11.8 Å². The lowest BCUT2D eigenvalue weighted by Gasteiger charge is -2.31.